The van der Waals surface area contributed by atoms with Crippen molar-refractivity contribution in [3.05, 3.63) is 56.8 Å². The molecule has 1 N–H and O–H groups in total. The fourth-order valence-corrected chi connectivity index (χ4v) is 1.77. The standard InChI is InChI=1S/C13H9BrFNO4/c1-19-12-6-20-11(5-10(12)17)13(18)16-9-3-2-7(14)4-8(9)15/h2-6H,1H3,(H,16,18). The lowest BCUT2D eigenvalue weighted by Crippen LogP contribution is -2.16. The van der Waals surface area contributed by atoms with Crippen LogP contribution < -0.4 is 15.5 Å². The van der Waals surface area contributed by atoms with E-state index in [0.717, 1.165) is 12.3 Å². The maximum Gasteiger partial charge on any atom is 0.291 e. The Morgan fingerprint density at radius 2 is 2.15 bits per heavy atom. The van der Waals surface area contributed by atoms with Crippen LogP contribution in [0.25, 0.3) is 0 Å². The van der Waals surface area contributed by atoms with E-state index in [2.05, 4.69) is 21.2 Å². The van der Waals surface area contributed by atoms with E-state index in [0.29, 0.717) is 4.47 Å². The molecule has 2 aromatic rings. The number of anilines is 1. The first-order valence-corrected chi connectivity index (χ1v) is 6.24. The van der Waals surface area contributed by atoms with Crippen molar-refractivity contribution in [3.63, 3.8) is 0 Å². The largest absolute Gasteiger partial charge is 0.490 e. The summed E-state index contributed by atoms with van der Waals surface area (Å²) in [5.74, 6) is -1.59. The topological polar surface area (TPSA) is 68.5 Å². The lowest BCUT2D eigenvalue weighted by Gasteiger charge is -2.06. The molecule has 0 bridgehead atoms. The summed E-state index contributed by atoms with van der Waals surface area (Å²) in [5.41, 5.74) is -0.517. The Labute approximate surface area is 121 Å². The Hall–Kier alpha value is -2.15. The summed E-state index contributed by atoms with van der Waals surface area (Å²) < 4.78 is 23.8. The molecular formula is C13H9BrFNO4. The highest BCUT2D eigenvalue weighted by Crippen LogP contribution is 2.20. The average molecular weight is 342 g/mol. The average Bonchev–Trinajstić information content (AvgIpc) is 2.41. The van der Waals surface area contributed by atoms with Crippen molar-refractivity contribution in [1.29, 1.82) is 0 Å². The number of ether oxygens (including phenoxy) is 1. The normalized spacial score (nSPS) is 10.2. The Morgan fingerprint density at radius 1 is 1.40 bits per heavy atom. The van der Waals surface area contributed by atoms with Gasteiger partial charge in [0.1, 0.15) is 12.1 Å². The molecule has 2 rings (SSSR count). The number of amides is 1. The second kappa shape index (κ2) is 5.87. The van der Waals surface area contributed by atoms with Crippen molar-refractivity contribution in [2.45, 2.75) is 0 Å². The molecular weight excluding hydrogens is 333 g/mol. The SMILES string of the molecule is COc1coc(C(=O)Nc2ccc(Br)cc2F)cc1=O. The third-order valence-electron chi connectivity index (χ3n) is 2.42. The number of methoxy groups -OCH3 is 1. The van der Waals surface area contributed by atoms with Gasteiger partial charge in [-0.2, -0.15) is 0 Å². The number of hydrogen-bond acceptors (Lipinski definition) is 4. The zero-order chi connectivity index (χ0) is 14.7. The predicted octanol–water partition coefficient (Wildman–Crippen LogP) is 2.80. The summed E-state index contributed by atoms with van der Waals surface area (Å²) in [6.45, 7) is 0. The third-order valence-corrected chi connectivity index (χ3v) is 2.91. The van der Waals surface area contributed by atoms with Crippen LogP contribution in [0.3, 0.4) is 0 Å². The number of nitrogens with one attached hydrogen (secondary N) is 1. The molecule has 1 aromatic heterocycles. The Kier molecular flexibility index (Phi) is 4.19. The third kappa shape index (κ3) is 3.05. The van der Waals surface area contributed by atoms with Gasteiger partial charge in [0.25, 0.3) is 5.91 Å². The quantitative estimate of drug-likeness (QED) is 0.931. The summed E-state index contributed by atoms with van der Waals surface area (Å²) in [6.07, 6.45) is 1.02. The van der Waals surface area contributed by atoms with Crippen LogP contribution in [0.4, 0.5) is 10.1 Å². The summed E-state index contributed by atoms with van der Waals surface area (Å²) in [6, 6.07) is 5.15. The van der Waals surface area contributed by atoms with Gasteiger partial charge in [0.15, 0.2) is 5.76 Å². The van der Waals surface area contributed by atoms with Gasteiger partial charge >= 0.3 is 0 Å². The van der Waals surface area contributed by atoms with E-state index in [1.807, 2.05) is 0 Å². The van der Waals surface area contributed by atoms with Gasteiger partial charge in [-0.15, -0.1) is 0 Å². The minimum Gasteiger partial charge on any atom is -0.490 e. The van der Waals surface area contributed by atoms with Crippen molar-refractivity contribution in [1.82, 2.24) is 0 Å². The lowest BCUT2D eigenvalue weighted by molar-refractivity contribution is 0.0993. The Bertz CT molecular complexity index is 714. The van der Waals surface area contributed by atoms with E-state index in [1.54, 1.807) is 6.07 Å². The van der Waals surface area contributed by atoms with Crippen LogP contribution in [0, 0.1) is 5.82 Å². The first kappa shape index (κ1) is 14.3. The molecule has 0 radical (unpaired) electrons. The molecule has 0 spiro atoms. The van der Waals surface area contributed by atoms with Gasteiger partial charge in [0.2, 0.25) is 11.2 Å². The van der Waals surface area contributed by atoms with E-state index < -0.39 is 17.2 Å². The zero-order valence-electron chi connectivity index (χ0n) is 10.3. The van der Waals surface area contributed by atoms with Gasteiger partial charge < -0.3 is 14.5 Å². The highest BCUT2D eigenvalue weighted by atomic mass is 79.9. The van der Waals surface area contributed by atoms with Crippen LogP contribution in [0.1, 0.15) is 10.6 Å². The molecule has 0 aliphatic carbocycles. The summed E-state index contributed by atoms with van der Waals surface area (Å²) >= 11 is 3.11. The first-order valence-electron chi connectivity index (χ1n) is 5.44. The highest BCUT2D eigenvalue weighted by Gasteiger charge is 2.14. The maximum atomic E-state index is 13.6. The van der Waals surface area contributed by atoms with Crippen LogP contribution in [0.15, 0.2) is 44.2 Å². The zero-order valence-corrected chi connectivity index (χ0v) is 11.9. The van der Waals surface area contributed by atoms with Crippen LogP contribution in [0.2, 0.25) is 0 Å². The van der Waals surface area contributed by atoms with Gasteiger partial charge in [-0.3, -0.25) is 9.59 Å². The molecule has 0 atom stereocenters. The molecule has 5 nitrogen and oxygen atoms in total. The van der Waals surface area contributed by atoms with Crippen molar-refractivity contribution in [3.8, 4) is 5.75 Å². The van der Waals surface area contributed by atoms with Crippen LogP contribution in [-0.4, -0.2) is 13.0 Å². The van der Waals surface area contributed by atoms with Crippen LogP contribution in [-0.2, 0) is 0 Å². The van der Waals surface area contributed by atoms with Crippen molar-refractivity contribution in [2.24, 2.45) is 0 Å². The molecule has 7 heteroatoms. The summed E-state index contributed by atoms with van der Waals surface area (Å²) in [4.78, 5) is 23.3. The Morgan fingerprint density at radius 3 is 2.75 bits per heavy atom. The predicted molar refractivity (Wildman–Crippen MR) is 73.6 cm³/mol. The minimum atomic E-state index is -0.731. The van der Waals surface area contributed by atoms with Crippen molar-refractivity contribution >= 4 is 27.5 Å². The van der Waals surface area contributed by atoms with Gasteiger partial charge in [-0.25, -0.2) is 4.39 Å². The van der Waals surface area contributed by atoms with Crippen LogP contribution in [0.5, 0.6) is 5.75 Å². The number of rotatable bonds is 3. The number of halogens is 2. The smallest absolute Gasteiger partial charge is 0.291 e. The number of benzene rings is 1. The summed E-state index contributed by atoms with van der Waals surface area (Å²) in [7, 11) is 1.31. The Balaban J connectivity index is 2.24. The minimum absolute atomic E-state index is 0.0170. The van der Waals surface area contributed by atoms with E-state index in [4.69, 9.17) is 9.15 Å². The molecule has 0 fully saturated rings. The van der Waals surface area contributed by atoms with Gasteiger partial charge in [0, 0.05) is 10.5 Å². The summed E-state index contributed by atoms with van der Waals surface area (Å²) in [5, 5.41) is 2.31. The molecule has 0 aliphatic rings. The van der Waals surface area contributed by atoms with E-state index in [-0.39, 0.29) is 17.2 Å². The van der Waals surface area contributed by atoms with Gasteiger partial charge in [0.05, 0.1) is 12.8 Å². The fourth-order valence-electron chi connectivity index (χ4n) is 1.44. The highest BCUT2D eigenvalue weighted by molar-refractivity contribution is 9.10. The number of hydrogen-bond donors (Lipinski definition) is 1. The second-order valence-electron chi connectivity index (χ2n) is 3.76. The van der Waals surface area contributed by atoms with E-state index >= 15 is 0 Å². The van der Waals surface area contributed by atoms with Gasteiger partial charge in [-0.1, -0.05) is 15.9 Å². The molecule has 1 amide bonds. The molecule has 0 aliphatic heterocycles. The number of carbonyl (C=O) groups excluding carboxylic acids is 1. The lowest BCUT2D eigenvalue weighted by atomic mass is 10.3. The van der Waals surface area contributed by atoms with Crippen molar-refractivity contribution in [2.75, 3.05) is 12.4 Å². The molecule has 1 aromatic carbocycles. The molecule has 0 saturated heterocycles. The molecule has 20 heavy (non-hydrogen) atoms. The first-order chi connectivity index (χ1) is 9.51. The monoisotopic (exact) mass is 341 g/mol. The van der Waals surface area contributed by atoms with E-state index in [1.165, 1.54) is 19.2 Å². The second-order valence-corrected chi connectivity index (χ2v) is 4.67. The van der Waals surface area contributed by atoms with Gasteiger partial charge in [-0.05, 0) is 18.2 Å². The van der Waals surface area contributed by atoms with Crippen LogP contribution >= 0.6 is 15.9 Å². The van der Waals surface area contributed by atoms with Crippen molar-refractivity contribution < 1.29 is 18.3 Å². The maximum absolute atomic E-state index is 13.6. The molecule has 0 unspecified atom stereocenters. The fraction of sp³-hybridized carbons (Fsp3) is 0.0769. The number of carbonyl (C=O) groups is 1. The molecule has 0 saturated carbocycles. The molecule has 104 valence electrons. The molecule has 1 heterocycles. The van der Waals surface area contributed by atoms with E-state index in [9.17, 15) is 14.0 Å².